The quantitative estimate of drug-likeness (QED) is 0.650. The Morgan fingerprint density at radius 3 is 2.89 bits per heavy atom. The molecule has 1 amide bonds. The number of nitrogens with zero attached hydrogens (tertiary/aromatic N) is 3. The van der Waals surface area contributed by atoms with Crippen LogP contribution in [0.15, 0.2) is 53.1 Å². The second-order valence-corrected chi connectivity index (χ2v) is 6.50. The highest BCUT2D eigenvalue weighted by atomic mass is 16.5. The third-order valence-corrected chi connectivity index (χ3v) is 4.70. The predicted molar refractivity (Wildman–Crippen MR) is 104 cm³/mol. The van der Waals surface area contributed by atoms with E-state index in [0.29, 0.717) is 42.8 Å². The summed E-state index contributed by atoms with van der Waals surface area (Å²) in [5, 5.41) is 4.11. The molecular formula is C21H21N3O4. The summed E-state index contributed by atoms with van der Waals surface area (Å²) < 4.78 is 16.3. The van der Waals surface area contributed by atoms with Crippen molar-refractivity contribution in [2.45, 2.75) is 19.3 Å². The summed E-state index contributed by atoms with van der Waals surface area (Å²) in [6, 6.07) is 15.0. The van der Waals surface area contributed by atoms with Crippen molar-refractivity contribution in [2.75, 3.05) is 25.2 Å². The molecule has 1 aliphatic rings. The summed E-state index contributed by atoms with van der Waals surface area (Å²) in [4.78, 5) is 18.9. The van der Waals surface area contributed by atoms with E-state index in [-0.39, 0.29) is 11.8 Å². The number of rotatable bonds is 6. The molecule has 1 saturated heterocycles. The Morgan fingerprint density at radius 2 is 2.07 bits per heavy atom. The summed E-state index contributed by atoms with van der Waals surface area (Å²) in [5.74, 6) is 2.24. The van der Waals surface area contributed by atoms with Crippen LogP contribution in [-0.2, 0) is 4.79 Å². The Balaban J connectivity index is 1.56. The fourth-order valence-corrected chi connectivity index (χ4v) is 3.35. The van der Waals surface area contributed by atoms with E-state index in [1.165, 1.54) is 0 Å². The normalized spacial score (nSPS) is 16.4. The lowest BCUT2D eigenvalue weighted by molar-refractivity contribution is -0.117. The molecule has 1 fully saturated rings. The van der Waals surface area contributed by atoms with Crippen LogP contribution in [0.3, 0.4) is 0 Å². The van der Waals surface area contributed by atoms with E-state index in [1.807, 2.05) is 55.5 Å². The SMILES string of the molecule is CCOc1ccccc1N1CC(c2noc(-c3cccc(OC)c3)n2)CC1=O. The average molecular weight is 379 g/mol. The minimum absolute atomic E-state index is 0.0184. The van der Waals surface area contributed by atoms with Gasteiger partial charge in [-0.1, -0.05) is 23.4 Å². The van der Waals surface area contributed by atoms with E-state index in [2.05, 4.69) is 10.1 Å². The van der Waals surface area contributed by atoms with E-state index in [4.69, 9.17) is 14.0 Å². The Labute approximate surface area is 162 Å². The van der Waals surface area contributed by atoms with Crippen molar-refractivity contribution in [1.29, 1.82) is 0 Å². The van der Waals surface area contributed by atoms with Crippen LogP contribution in [-0.4, -0.2) is 36.3 Å². The standard InChI is InChI=1S/C21H21N3O4/c1-3-27-18-10-5-4-9-17(18)24-13-15(12-19(24)25)20-22-21(28-23-20)14-7-6-8-16(11-14)26-2/h4-11,15H,3,12-13H2,1-2H3. The molecule has 7 heteroatoms. The first kappa shape index (κ1) is 18.0. The predicted octanol–water partition coefficient (Wildman–Crippen LogP) is 3.66. The van der Waals surface area contributed by atoms with Crippen LogP contribution in [0.1, 0.15) is 25.1 Å². The molecule has 0 radical (unpaired) electrons. The van der Waals surface area contributed by atoms with Crippen LogP contribution in [0.2, 0.25) is 0 Å². The van der Waals surface area contributed by atoms with E-state index >= 15 is 0 Å². The lowest BCUT2D eigenvalue weighted by Gasteiger charge is -2.19. The molecule has 4 rings (SSSR count). The highest BCUT2D eigenvalue weighted by Crippen LogP contribution is 2.36. The minimum atomic E-state index is -0.134. The number of hydrogen-bond acceptors (Lipinski definition) is 6. The number of methoxy groups -OCH3 is 1. The van der Waals surface area contributed by atoms with Crippen molar-refractivity contribution in [3.05, 3.63) is 54.4 Å². The largest absolute Gasteiger partial charge is 0.497 e. The molecule has 2 aromatic carbocycles. The van der Waals surface area contributed by atoms with Gasteiger partial charge in [-0.3, -0.25) is 4.79 Å². The third-order valence-electron chi connectivity index (χ3n) is 4.70. The lowest BCUT2D eigenvalue weighted by Crippen LogP contribution is -2.25. The van der Waals surface area contributed by atoms with E-state index in [0.717, 1.165) is 11.3 Å². The van der Waals surface area contributed by atoms with Gasteiger partial charge in [-0.05, 0) is 37.3 Å². The maximum absolute atomic E-state index is 12.6. The molecule has 0 N–H and O–H groups in total. The van der Waals surface area contributed by atoms with Crippen molar-refractivity contribution < 1.29 is 18.8 Å². The molecule has 144 valence electrons. The number of benzene rings is 2. The summed E-state index contributed by atoms with van der Waals surface area (Å²) in [6.45, 7) is 2.95. The Hall–Kier alpha value is -3.35. The number of anilines is 1. The van der Waals surface area contributed by atoms with Crippen molar-refractivity contribution >= 4 is 11.6 Å². The fraction of sp³-hybridized carbons (Fsp3) is 0.286. The Morgan fingerprint density at radius 1 is 1.21 bits per heavy atom. The number of carbonyl (C=O) groups is 1. The van der Waals surface area contributed by atoms with Crippen LogP contribution < -0.4 is 14.4 Å². The van der Waals surface area contributed by atoms with Crippen LogP contribution in [0.25, 0.3) is 11.5 Å². The van der Waals surface area contributed by atoms with E-state index < -0.39 is 0 Å². The molecule has 2 heterocycles. The van der Waals surface area contributed by atoms with Crippen molar-refractivity contribution in [2.24, 2.45) is 0 Å². The number of aromatic nitrogens is 2. The van der Waals surface area contributed by atoms with Crippen LogP contribution in [0.5, 0.6) is 11.5 Å². The highest BCUT2D eigenvalue weighted by molar-refractivity contribution is 5.97. The van der Waals surface area contributed by atoms with E-state index in [1.54, 1.807) is 12.0 Å². The molecule has 7 nitrogen and oxygen atoms in total. The summed E-state index contributed by atoms with van der Waals surface area (Å²) in [7, 11) is 1.61. The van der Waals surface area contributed by atoms with Gasteiger partial charge in [0, 0.05) is 24.4 Å². The van der Waals surface area contributed by atoms with Gasteiger partial charge in [-0.15, -0.1) is 0 Å². The maximum atomic E-state index is 12.6. The smallest absolute Gasteiger partial charge is 0.258 e. The number of para-hydroxylation sites is 2. The number of ether oxygens (including phenoxy) is 2. The van der Waals surface area contributed by atoms with Gasteiger partial charge in [0.05, 0.1) is 19.4 Å². The molecule has 1 atom stereocenters. The van der Waals surface area contributed by atoms with Crippen molar-refractivity contribution in [3.8, 4) is 23.0 Å². The molecule has 0 saturated carbocycles. The third kappa shape index (κ3) is 3.43. The van der Waals surface area contributed by atoms with Gasteiger partial charge in [-0.25, -0.2) is 0 Å². The zero-order chi connectivity index (χ0) is 19.5. The van der Waals surface area contributed by atoms with Gasteiger partial charge in [0.25, 0.3) is 5.89 Å². The van der Waals surface area contributed by atoms with Gasteiger partial charge in [0.2, 0.25) is 5.91 Å². The number of carbonyl (C=O) groups excluding carboxylic acids is 1. The Bertz CT molecular complexity index is 985. The zero-order valence-corrected chi connectivity index (χ0v) is 15.8. The zero-order valence-electron chi connectivity index (χ0n) is 15.8. The molecule has 1 aromatic heterocycles. The van der Waals surface area contributed by atoms with Crippen molar-refractivity contribution in [1.82, 2.24) is 10.1 Å². The van der Waals surface area contributed by atoms with Crippen molar-refractivity contribution in [3.63, 3.8) is 0 Å². The molecular weight excluding hydrogens is 358 g/mol. The van der Waals surface area contributed by atoms with Crippen LogP contribution >= 0.6 is 0 Å². The molecule has 28 heavy (non-hydrogen) atoms. The van der Waals surface area contributed by atoms with Crippen LogP contribution in [0, 0.1) is 0 Å². The Kier molecular flexibility index (Phi) is 4.97. The maximum Gasteiger partial charge on any atom is 0.258 e. The molecule has 0 aliphatic carbocycles. The van der Waals surface area contributed by atoms with Crippen LogP contribution in [0.4, 0.5) is 5.69 Å². The number of amides is 1. The summed E-state index contributed by atoms with van der Waals surface area (Å²) in [6.07, 6.45) is 0.331. The van der Waals surface area contributed by atoms with Gasteiger partial charge in [-0.2, -0.15) is 4.98 Å². The highest BCUT2D eigenvalue weighted by Gasteiger charge is 2.35. The molecule has 3 aromatic rings. The van der Waals surface area contributed by atoms with E-state index in [9.17, 15) is 4.79 Å². The average Bonchev–Trinajstić information content (AvgIpc) is 3.36. The second kappa shape index (κ2) is 7.72. The second-order valence-electron chi connectivity index (χ2n) is 6.50. The lowest BCUT2D eigenvalue weighted by atomic mass is 10.1. The fourth-order valence-electron chi connectivity index (χ4n) is 3.35. The topological polar surface area (TPSA) is 77.7 Å². The van der Waals surface area contributed by atoms with Gasteiger partial charge in [0.15, 0.2) is 5.82 Å². The molecule has 1 unspecified atom stereocenters. The van der Waals surface area contributed by atoms with Gasteiger partial charge in [0.1, 0.15) is 11.5 Å². The first-order valence-electron chi connectivity index (χ1n) is 9.19. The molecule has 0 bridgehead atoms. The first-order chi connectivity index (χ1) is 13.7. The molecule has 0 spiro atoms. The molecule has 1 aliphatic heterocycles. The monoisotopic (exact) mass is 379 g/mol. The van der Waals surface area contributed by atoms with Gasteiger partial charge < -0.3 is 18.9 Å². The summed E-state index contributed by atoms with van der Waals surface area (Å²) >= 11 is 0. The number of hydrogen-bond donors (Lipinski definition) is 0. The first-order valence-corrected chi connectivity index (χ1v) is 9.19. The summed E-state index contributed by atoms with van der Waals surface area (Å²) in [5.41, 5.74) is 1.55. The minimum Gasteiger partial charge on any atom is -0.497 e. The van der Waals surface area contributed by atoms with Gasteiger partial charge >= 0.3 is 0 Å².